The van der Waals surface area contributed by atoms with Crippen molar-refractivity contribution in [1.82, 2.24) is 0 Å². The van der Waals surface area contributed by atoms with E-state index in [0.29, 0.717) is 6.42 Å². The van der Waals surface area contributed by atoms with E-state index >= 15 is 0 Å². The molecular weight excluding hydrogens is 400 g/mol. The van der Waals surface area contributed by atoms with Crippen LogP contribution in [0.25, 0.3) is 0 Å². The van der Waals surface area contributed by atoms with Gasteiger partial charge in [-0.15, -0.1) is 0 Å². The molecule has 1 N–H and O–H groups in total. The van der Waals surface area contributed by atoms with Gasteiger partial charge in [0.1, 0.15) is 5.75 Å². The first-order valence-corrected chi connectivity index (χ1v) is 12.3. The number of carboxylic acids is 1. The standard InChI is InChI=1S/C27H28O3Si/c1-27(2,3)31(24-16-6-4-7-17-24,25-18-8-5-9-19-25)30-23-15-12-14-22(21-23)13-10-11-20-26(28)29/h4-9,12,14-19,21H,11,20H2,1-3H3,(H,28,29). The quantitative estimate of drug-likeness (QED) is 0.451. The number of hydrogen-bond donors (Lipinski definition) is 1. The average Bonchev–Trinajstić information content (AvgIpc) is 2.75. The number of benzene rings is 3. The lowest BCUT2D eigenvalue weighted by atomic mass is 10.2. The van der Waals surface area contributed by atoms with Crippen LogP contribution in [0.1, 0.15) is 39.2 Å². The fourth-order valence-electron chi connectivity index (χ4n) is 3.80. The third-order valence-corrected chi connectivity index (χ3v) is 10.2. The van der Waals surface area contributed by atoms with Crippen LogP contribution in [0.3, 0.4) is 0 Å². The van der Waals surface area contributed by atoms with Crippen molar-refractivity contribution >= 4 is 24.7 Å². The molecule has 0 saturated carbocycles. The van der Waals surface area contributed by atoms with Crippen molar-refractivity contribution in [3.8, 4) is 17.6 Å². The lowest BCUT2D eigenvalue weighted by Crippen LogP contribution is -2.68. The second-order valence-corrected chi connectivity index (χ2v) is 12.7. The second-order valence-electron chi connectivity index (χ2n) is 8.49. The van der Waals surface area contributed by atoms with Crippen molar-refractivity contribution in [2.45, 2.75) is 38.7 Å². The van der Waals surface area contributed by atoms with E-state index < -0.39 is 14.3 Å². The molecule has 0 aliphatic rings. The molecule has 3 nitrogen and oxygen atoms in total. The summed E-state index contributed by atoms with van der Waals surface area (Å²) in [5.74, 6) is 5.95. The summed E-state index contributed by atoms with van der Waals surface area (Å²) in [6.07, 6.45) is 0.375. The van der Waals surface area contributed by atoms with Crippen molar-refractivity contribution < 1.29 is 14.3 Å². The van der Waals surface area contributed by atoms with E-state index in [2.05, 4.69) is 81.1 Å². The maximum Gasteiger partial charge on any atom is 0.319 e. The fraction of sp³-hybridized carbons (Fsp3) is 0.222. The van der Waals surface area contributed by atoms with Crippen LogP contribution in [0.5, 0.6) is 5.75 Å². The van der Waals surface area contributed by atoms with E-state index in [4.69, 9.17) is 9.53 Å². The van der Waals surface area contributed by atoms with Crippen LogP contribution in [0, 0.1) is 11.8 Å². The smallest absolute Gasteiger partial charge is 0.319 e. The first-order chi connectivity index (χ1) is 14.8. The highest BCUT2D eigenvalue weighted by atomic mass is 28.4. The zero-order chi connectivity index (χ0) is 22.3. The summed E-state index contributed by atoms with van der Waals surface area (Å²) in [5.41, 5.74) is 0.820. The van der Waals surface area contributed by atoms with E-state index in [1.807, 2.05) is 36.4 Å². The summed E-state index contributed by atoms with van der Waals surface area (Å²) in [6.45, 7) is 6.73. The van der Waals surface area contributed by atoms with Gasteiger partial charge in [0.15, 0.2) is 0 Å². The first kappa shape index (κ1) is 22.4. The predicted molar refractivity (Wildman–Crippen MR) is 128 cm³/mol. The lowest BCUT2D eigenvalue weighted by molar-refractivity contribution is -0.136. The van der Waals surface area contributed by atoms with Crippen LogP contribution in [-0.2, 0) is 4.79 Å². The molecular formula is C27H28O3Si. The summed E-state index contributed by atoms with van der Waals surface area (Å²) in [7, 11) is -2.69. The van der Waals surface area contributed by atoms with Gasteiger partial charge in [0.05, 0.1) is 6.42 Å². The number of aliphatic carboxylic acids is 1. The summed E-state index contributed by atoms with van der Waals surface area (Å²) in [6, 6.07) is 28.8. The van der Waals surface area contributed by atoms with Crippen molar-refractivity contribution in [1.29, 1.82) is 0 Å². The van der Waals surface area contributed by atoms with Gasteiger partial charge < -0.3 is 9.53 Å². The van der Waals surface area contributed by atoms with Crippen LogP contribution in [-0.4, -0.2) is 19.4 Å². The molecule has 158 valence electrons. The van der Waals surface area contributed by atoms with Crippen LogP contribution < -0.4 is 14.8 Å². The largest absolute Gasteiger partial charge is 0.534 e. The minimum absolute atomic E-state index is 0.0469. The highest BCUT2D eigenvalue weighted by molar-refractivity contribution is 7.00. The zero-order valence-electron chi connectivity index (χ0n) is 18.3. The normalized spacial score (nSPS) is 11.3. The van der Waals surface area contributed by atoms with Gasteiger partial charge in [0.2, 0.25) is 0 Å². The zero-order valence-corrected chi connectivity index (χ0v) is 19.3. The lowest BCUT2D eigenvalue weighted by Gasteiger charge is -2.43. The SMILES string of the molecule is CC(C)(C)[Si](Oc1cccc(C#CCCC(=O)O)c1)(c1ccccc1)c1ccccc1. The Bertz CT molecular complexity index is 1030. The molecule has 0 bridgehead atoms. The van der Waals surface area contributed by atoms with Gasteiger partial charge in [-0.25, -0.2) is 0 Å². The summed E-state index contributed by atoms with van der Waals surface area (Å²) in [5, 5.41) is 11.1. The molecule has 0 atom stereocenters. The maximum absolute atomic E-state index is 10.7. The predicted octanol–water partition coefficient (Wildman–Crippen LogP) is 4.84. The van der Waals surface area contributed by atoms with Gasteiger partial charge >= 0.3 is 14.3 Å². The molecule has 0 fully saturated rings. The summed E-state index contributed by atoms with van der Waals surface area (Å²) >= 11 is 0. The van der Waals surface area contributed by atoms with Gasteiger partial charge in [0.25, 0.3) is 0 Å². The third kappa shape index (κ3) is 5.25. The molecule has 0 radical (unpaired) electrons. The third-order valence-electron chi connectivity index (χ3n) is 5.22. The van der Waals surface area contributed by atoms with Crippen molar-refractivity contribution in [2.24, 2.45) is 0 Å². The van der Waals surface area contributed by atoms with E-state index in [1.165, 1.54) is 10.4 Å². The molecule has 0 unspecified atom stereocenters. The molecule has 0 aliphatic carbocycles. The van der Waals surface area contributed by atoms with Gasteiger partial charge in [0, 0.05) is 12.0 Å². The van der Waals surface area contributed by atoms with Crippen molar-refractivity contribution in [3.63, 3.8) is 0 Å². The van der Waals surface area contributed by atoms with Gasteiger partial charge in [-0.05, 0) is 33.6 Å². The molecule has 0 heterocycles. The Morgan fingerprint density at radius 1 is 0.903 bits per heavy atom. The Hall–Kier alpha value is -3.29. The molecule has 0 aromatic heterocycles. The summed E-state index contributed by atoms with van der Waals surface area (Å²) in [4.78, 5) is 10.7. The minimum atomic E-state index is -2.69. The van der Waals surface area contributed by atoms with Gasteiger partial charge in [-0.2, -0.15) is 0 Å². The number of carboxylic acid groups (broad SMARTS) is 1. The van der Waals surface area contributed by atoms with Gasteiger partial charge in [-0.3, -0.25) is 4.79 Å². The Morgan fingerprint density at radius 3 is 2.00 bits per heavy atom. The monoisotopic (exact) mass is 428 g/mol. The van der Waals surface area contributed by atoms with E-state index in [1.54, 1.807) is 0 Å². The second kappa shape index (κ2) is 9.68. The number of rotatable bonds is 6. The van der Waals surface area contributed by atoms with Crippen molar-refractivity contribution in [2.75, 3.05) is 0 Å². The number of hydrogen-bond acceptors (Lipinski definition) is 2. The molecule has 31 heavy (non-hydrogen) atoms. The van der Waals surface area contributed by atoms with E-state index in [-0.39, 0.29) is 11.5 Å². The Kier molecular flexibility index (Phi) is 6.99. The molecule has 0 amide bonds. The minimum Gasteiger partial charge on any atom is -0.534 e. The van der Waals surface area contributed by atoms with Crippen LogP contribution in [0.4, 0.5) is 0 Å². The van der Waals surface area contributed by atoms with Gasteiger partial charge in [-0.1, -0.05) is 99.3 Å². The molecule has 0 saturated heterocycles. The summed E-state index contributed by atoms with van der Waals surface area (Å²) < 4.78 is 7.00. The van der Waals surface area contributed by atoms with Crippen molar-refractivity contribution in [3.05, 3.63) is 90.5 Å². The Balaban J connectivity index is 2.06. The van der Waals surface area contributed by atoms with Crippen LogP contribution >= 0.6 is 0 Å². The fourth-order valence-corrected chi connectivity index (χ4v) is 8.21. The van der Waals surface area contributed by atoms with E-state index in [9.17, 15) is 4.79 Å². The van der Waals surface area contributed by atoms with Crippen LogP contribution in [0.2, 0.25) is 5.04 Å². The van der Waals surface area contributed by atoms with Crippen LogP contribution in [0.15, 0.2) is 84.9 Å². The average molecular weight is 429 g/mol. The molecule has 3 aromatic carbocycles. The Morgan fingerprint density at radius 2 is 1.48 bits per heavy atom. The highest BCUT2D eigenvalue weighted by Crippen LogP contribution is 2.37. The maximum atomic E-state index is 10.7. The topological polar surface area (TPSA) is 46.5 Å². The molecule has 3 aromatic rings. The molecule has 0 spiro atoms. The molecule has 0 aliphatic heterocycles. The highest BCUT2D eigenvalue weighted by Gasteiger charge is 2.52. The molecule has 4 heteroatoms. The Labute approximate surface area is 185 Å². The van der Waals surface area contributed by atoms with E-state index in [0.717, 1.165) is 11.3 Å². The first-order valence-electron chi connectivity index (χ1n) is 10.4. The molecule has 3 rings (SSSR count). The number of carbonyl (C=O) groups is 1.